The van der Waals surface area contributed by atoms with Crippen molar-refractivity contribution in [2.24, 2.45) is 5.73 Å². The molecule has 0 aromatic heterocycles. The minimum absolute atomic E-state index is 0.0141. The van der Waals surface area contributed by atoms with Crippen LogP contribution in [0.4, 0.5) is 23.2 Å². The van der Waals surface area contributed by atoms with Gasteiger partial charge in [0, 0.05) is 5.69 Å². The molecule has 1 unspecified atom stereocenters. The maximum atomic E-state index is 13.2. The molecule has 20 heavy (non-hydrogen) atoms. The summed E-state index contributed by atoms with van der Waals surface area (Å²) in [5.41, 5.74) is -0.104. The van der Waals surface area contributed by atoms with Gasteiger partial charge in [0.2, 0.25) is 5.91 Å². The Bertz CT molecular complexity index is 534. The zero-order chi connectivity index (χ0) is 15.5. The SMILES string of the molecule is CC(SC(F)(F)F)C(=O)Nc1ccc(F)c(C(N)=O)c1. The first-order valence-electron chi connectivity index (χ1n) is 5.25. The molecule has 0 aliphatic carbocycles. The molecule has 0 fully saturated rings. The number of hydrogen-bond acceptors (Lipinski definition) is 3. The van der Waals surface area contributed by atoms with Gasteiger partial charge in [0.05, 0.1) is 10.8 Å². The Morgan fingerprint density at radius 2 is 1.95 bits per heavy atom. The van der Waals surface area contributed by atoms with Crippen molar-refractivity contribution < 1.29 is 27.2 Å². The number of amides is 2. The Hall–Kier alpha value is -1.77. The lowest BCUT2D eigenvalue weighted by molar-refractivity contribution is -0.115. The van der Waals surface area contributed by atoms with E-state index < -0.39 is 45.7 Å². The molecule has 1 aromatic carbocycles. The summed E-state index contributed by atoms with van der Waals surface area (Å²) in [5.74, 6) is -2.85. The molecule has 0 radical (unpaired) electrons. The second-order valence-corrected chi connectivity index (χ2v) is 5.16. The van der Waals surface area contributed by atoms with Gasteiger partial charge in [-0.05, 0) is 36.9 Å². The predicted octanol–water partition coefficient (Wildman–Crippen LogP) is 2.50. The van der Waals surface area contributed by atoms with E-state index in [1.165, 1.54) is 0 Å². The zero-order valence-electron chi connectivity index (χ0n) is 10.1. The molecular weight excluding hydrogens is 300 g/mol. The number of carbonyl (C=O) groups is 2. The van der Waals surface area contributed by atoms with E-state index in [1.807, 2.05) is 0 Å². The van der Waals surface area contributed by atoms with Gasteiger partial charge in [-0.25, -0.2) is 4.39 Å². The van der Waals surface area contributed by atoms with Crippen LogP contribution in [0, 0.1) is 5.82 Å². The largest absolute Gasteiger partial charge is 0.442 e. The maximum Gasteiger partial charge on any atom is 0.442 e. The van der Waals surface area contributed by atoms with Crippen LogP contribution in [0.3, 0.4) is 0 Å². The van der Waals surface area contributed by atoms with E-state index in [0.717, 1.165) is 25.1 Å². The van der Waals surface area contributed by atoms with Gasteiger partial charge in [-0.2, -0.15) is 13.2 Å². The molecule has 9 heteroatoms. The van der Waals surface area contributed by atoms with Gasteiger partial charge in [-0.3, -0.25) is 9.59 Å². The number of nitrogens with one attached hydrogen (secondary N) is 1. The molecule has 0 aliphatic heterocycles. The molecule has 1 atom stereocenters. The lowest BCUT2D eigenvalue weighted by Gasteiger charge is -2.14. The van der Waals surface area contributed by atoms with E-state index in [-0.39, 0.29) is 5.69 Å². The summed E-state index contributed by atoms with van der Waals surface area (Å²) in [4.78, 5) is 22.4. The van der Waals surface area contributed by atoms with Crippen molar-refractivity contribution in [1.82, 2.24) is 0 Å². The summed E-state index contributed by atoms with van der Waals surface area (Å²) >= 11 is -0.480. The molecule has 0 spiro atoms. The maximum absolute atomic E-state index is 13.2. The van der Waals surface area contributed by atoms with E-state index in [9.17, 15) is 27.2 Å². The molecule has 1 aromatic rings. The highest BCUT2D eigenvalue weighted by atomic mass is 32.2. The number of nitrogens with two attached hydrogens (primary N) is 1. The molecule has 0 saturated carbocycles. The van der Waals surface area contributed by atoms with Crippen LogP contribution >= 0.6 is 11.8 Å². The highest BCUT2D eigenvalue weighted by Crippen LogP contribution is 2.34. The molecule has 110 valence electrons. The van der Waals surface area contributed by atoms with Crippen LogP contribution in [0.25, 0.3) is 0 Å². The van der Waals surface area contributed by atoms with Crippen molar-refractivity contribution in [3.63, 3.8) is 0 Å². The molecule has 0 saturated heterocycles. The molecule has 3 N–H and O–H groups in total. The molecule has 0 aliphatic rings. The summed E-state index contributed by atoms with van der Waals surface area (Å²) in [6, 6.07) is 2.96. The number of carbonyl (C=O) groups excluding carboxylic acids is 2. The van der Waals surface area contributed by atoms with E-state index in [2.05, 4.69) is 5.32 Å². The summed E-state index contributed by atoms with van der Waals surface area (Å²) in [5, 5.41) is 0.761. The van der Waals surface area contributed by atoms with Crippen LogP contribution in [-0.2, 0) is 4.79 Å². The first-order chi connectivity index (χ1) is 9.10. The van der Waals surface area contributed by atoms with Gasteiger partial charge in [0.25, 0.3) is 5.91 Å². The lowest BCUT2D eigenvalue weighted by atomic mass is 10.1. The lowest BCUT2D eigenvalue weighted by Crippen LogP contribution is -2.25. The standard InChI is InChI=1S/C11H10F4N2O2S/c1-5(20-11(13,14)15)10(19)17-6-2-3-8(12)7(4-6)9(16)18/h2-5H,1H3,(H2,16,18)(H,17,19). The van der Waals surface area contributed by atoms with E-state index in [4.69, 9.17) is 5.73 Å². The van der Waals surface area contributed by atoms with Crippen LogP contribution in [0.5, 0.6) is 0 Å². The summed E-state index contributed by atoms with van der Waals surface area (Å²) < 4.78 is 49.5. The molecular formula is C11H10F4N2O2S. The first kappa shape index (κ1) is 16.3. The fraction of sp³-hybridized carbons (Fsp3) is 0.273. The smallest absolute Gasteiger partial charge is 0.366 e. The van der Waals surface area contributed by atoms with Gasteiger partial charge >= 0.3 is 5.51 Å². The third kappa shape index (κ3) is 4.72. The van der Waals surface area contributed by atoms with Crippen molar-refractivity contribution in [3.8, 4) is 0 Å². The number of rotatable bonds is 4. The summed E-state index contributed by atoms with van der Waals surface area (Å²) in [6.07, 6.45) is 0. The number of alkyl halides is 3. The molecule has 4 nitrogen and oxygen atoms in total. The van der Waals surface area contributed by atoms with Crippen molar-refractivity contribution in [3.05, 3.63) is 29.6 Å². The first-order valence-corrected chi connectivity index (χ1v) is 6.13. The third-order valence-corrected chi connectivity index (χ3v) is 3.01. The second-order valence-electron chi connectivity index (χ2n) is 3.75. The predicted molar refractivity (Wildman–Crippen MR) is 66.7 cm³/mol. The quantitative estimate of drug-likeness (QED) is 0.839. The Morgan fingerprint density at radius 1 is 1.35 bits per heavy atom. The second kappa shape index (κ2) is 6.12. The van der Waals surface area contributed by atoms with E-state index in [1.54, 1.807) is 0 Å². The van der Waals surface area contributed by atoms with Gasteiger partial charge in [-0.15, -0.1) is 0 Å². The van der Waals surface area contributed by atoms with Gasteiger partial charge in [0.1, 0.15) is 5.82 Å². The number of hydrogen-bond donors (Lipinski definition) is 2. The Balaban J connectivity index is 2.81. The van der Waals surface area contributed by atoms with Crippen LogP contribution in [0.1, 0.15) is 17.3 Å². The minimum atomic E-state index is -4.54. The Kier molecular flexibility index (Phi) is 4.98. The van der Waals surface area contributed by atoms with Crippen LogP contribution in [0.2, 0.25) is 0 Å². The van der Waals surface area contributed by atoms with Crippen LogP contribution < -0.4 is 11.1 Å². The van der Waals surface area contributed by atoms with E-state index in [0.29, 0.717) is 0 Å². The fourth-order valence-corrected chi connectivity index (χ4v) is 1.86. The van der Waals surface area contributed by atoms with Crippen LogP contribution in [-0.4, -0.2) is 22.6 Å². The molecule has 2 amide bonds. The number of halogens is 4. The molecule has 0 heterocycles. The zero-order valence-corrected chi connectivity index (χ0v) is 10.9. The number of thioether (sulfide) groups is 1. The summed E-state index contributed by atoms with van der Waals surface area (Å²) in [7, 11) is 0. The Labute approximate surface area is 115 Å². The van der Waals surface area contributed by atoms with Crippen LogP contribution in [0.15, 0.2) is 18.2 Å². The molecule has 0 bridgehead atoms. The van der Waals surface area contributed by atoms with Gasteiger partial charge < -0.3 is 11.1 Å². The number of anilines is 1. The fourth-order valence-electron chi connectivity index (χ4n) is 1.29. The topological polar surface area (TPSA) is 72.2 Å². The van der Waals surface area contributed by atoms with Gasteiger partial charge in [0.15, 0.2) is 0 Å². The van der Waals surface area contributed by atoms with Crippen molar-refractivity contribution in [1.29, 1.82) is 0 Å². The summed E-state index contributed by atoms with van der Waals surface area (Å²) in [6.45, 7) is 1.08. The highest BCUT2D eigenvalue weighted by molar-refractivity contribution is 8.01. The van der Waals surface area contributed by atoms with Crippen molar-refractivity contribution >= 4 is 29.3 Å². The highest BCUT2D eigenvalue weighted by Gasteiger charge is 2.34. The van der Waals surface area contributed by atoms with E-state index >= 15 is 0 Å². The number of benzene rings is 1. The average Bonchev–Trinajstić information content (AvgIpc) is 2.28. The van der Waals surface area contributed by atoms with Crippen molar-refractivity contribution in [2.75, 3.05) is 5.32 Å². The average molecular weight is 310 g/mol. The number of primary amides is 1. The minimum Gasteiger partial charge on any atom is -0.366 e. The monoisotopic (exact) mass is 310 g/mol. The third-order valence-electron chi connectivity index (χ3n) is 2.18. The van der Waals surface area contributed by atoms with Crippen molar-refractivity contribution in [2.45, 2.75) is 17.7 Å². The van der Waals surface area contributed by atoms with Gasteiger partial charge in [-0.1, -0.05) is 0 Å². The normalized spacial score (nSPS) is 12.8. The Morgan fingerprint density at radius 3 is 2.45 bits per heavy atom. The molecule has 1 rings (SSSR count).